The molecule has 0 aliphatic heterocycles. The van der Waals surface area contributed by atoms with Crippen LogP contribution in [0.3, 0.4) is 0 Å². The van der Waals surface area contributed by atoms with Crippen LogP contribution >= 0.6 is 0 Å². The quantitative estimate of drug-likeness (QED) is 0.527. The largest absolute Gasteiger partial charge is 0.448 e. The zero-order valence-electron chi connectivity index (χ0n) is 16.1. The summed E-state index contributed by atoms with van der Waals surface area (Å²) in [6, 6.07) is 11.5. The first-order valence-corrected chi connectivity index (χ1v) is 9.28. The van der Waals surface area contributed by atoms with Crippen molar-refractivity contribution in [2.45, 2.75) is 13.5 Å². The number of halogens is 1. The molecule has 3 aromatic heterocycles. The predicted octanol–water partition coefficient (Wildman–Crippen LogP) is 3.50. The maximum absolute atomic E-state index is 13.7. The van der Waals surface area contributed by atoms with Crippen LogP contribution in [-0.2, 0) is 11.3 Å². The van der Waals surface area contributed by atoms with Crippen LogP contribution in [-0.4, -0.2) is 38.4 Å². The van der Waals surface area contributed by atoms with Gasteiger partial charge in [-0.15, -0.1) is 0 Å². The molecule has 0 radical (unpaired) electrons. The summed E-state index contributed by atoms with van der Waals surface area (Å²) < 4.78 is 19.7. The van der Waals surface area contributed by atoms with Gasteiger partial charge in [-0.3, -0.25) is 4.79 Å². The lowest BCUT2D eigenvalue weighted by Crippen LogP contribution is -2.23. The number of hydrogen-bond acceptors (Lipinski definition) is 5. The molecule has 4 aromatic rings. The minimum absolute atomic E-state index is 0.0760. The minimum atomic E-state index is -0.571. The van der Waals surface area contributed by atoms with E-state index in [0.29, 0.717) is 28.2 Å². The van der Waals surface area contributed by atoms with Crippen molar-refractivity contribution >= 4 is 23.0 Å². The molecule has 9 heteroatoms. The van der Waals surface area contributed by atoms with Gasteiger partial charge in [0.15, 0.2) is 0 Å². The fraction of sp³-hybridized carbons (Fsp3) is 0.143. The van der Waals surface area contributed by atoms with Crippen LogP contribution in [0.15, 0.2) is 54.9 Å². The maximum atomic E-state index is 13.7. The van der Waals surface area contributed by atoms with E-state index in [4.69, 9.17) is 4.74 Å². The number of H-pyrrole nitrogens is 1. The Kier molecular flexibility index (Phi) is 5.25. The summed E-state index contributed by atoms with van der Waals surface area (Å²) in [5.41, 5.74) is 2.44. The van der Waals surface area contributed by atoms with Crippen molar-refractivity contribution in [2.24, 2.45) is 0 Å². The van der Waals surface area contributed by atoms with Gasteiger partial charge in [0, 0.05) is 29.3 Å². The molecule has 0 saturated heterocycles. The fourth-order valence-electron chi connectivity index (χ4n) is 2.95. The zero-order valence-corrected chi connectivity index (χ0v) is 16.1. The van der Waals surface area contributed by atoms with Gasteiger partial charge in [-0.25, -0.2) is 14.2 Å². The monoisotopic (exact) mass is 407 g/mol. The number of fused-ring (bicyclic) bond motifs is 1. The van der Waals surface area contributed by atoms with Gasteiger partial charge in [-0.1, -0.05) is 18.2 Å². The van der Waals surface area contributed by atoms with Crippen LogP contribution in [0.5, 0.6) is 0 Å². The Bertz CT molecular complexity index is 1230. The highest BCUT2D eigenvalue weighted by Gasteiger charge is 2.14. The molecule has 152 valence electrons. The number of benzene rings is 1. The van der Waals surface area contributed by atoms with E-state index in [2.05, 4.69) is 20.4 Å². The van der Waals surface area contributed by atoms with E-state index in [0.717, 1.165) is 10.1 Å². The molecular formula is C21H18FN5O3. The normalized spacial score (nSPS) is 10.9. The second-order valence-corrected chi connectivity index (χ2v) is 6.46. The van der Waals surface area contributed by atoms with Gasteiger partial charge in [-0.05, 0) is 31.2 Å². The number of carbonyl (C=O) groups is 2. The lowest BCUT2D eigenvalue weighted by Gasteiger charge is -2.04. The molecule has 0 atom stereocenters. The third kappa shape index (κ3) is 3.90. The highest BCUT2D eigenvalue weighted by molar-refractivity contribution is 5.97. The molecule has 1 amide bonds. The number of nitrogens with zero attached hydrogens (tertiary/aromatic N) is 3. The van der Waals surface area contributed by atoms with Gasteiger partial charge in [0.1, 0.15) is 17.2 Å². The highest BCUT2D eigenvalue weighted by Crippen LogP contribution is 2.21. The average molecular weight is 407 g/mol. The summed E-state index contributed by atoms with van der Waals surface area (Å²) in [7, 11) is 0. The van der Waals surface area contributed by atoms with Gasteiger partial charge in [0.25, 0.3) is 5.91 Å². The summed E-state index contributed by atoms with van der Waals surface area (Å²) in [5.74, 6) is -0.739. The first-order valence-electron chi connectivity index (χ1n) is 9.28. The number of aromatic amines is 1. The van der Waals surface area contributed by atoms with Crippen LogP contribution < -0.4 is 5.32 Å². The number of ether oxygens (including phenoxy) is 1. The molecule has 0 fully saturated rings. The third-order valence-corrected chi connectivity index (χ3v) is 4.45. The van der Waals surface area contributed by atoms with Crippen molar-refractivity contribution in [3.05, 3.63) is 71.9 Å². The summed E-state index contributed by atoms with van der Waals surface area (Å²) in [6.07, 6.45) is 2.46. The van der Waals surface area contributed by atoms with E-state index in [1.807, 2.05) is 6.07 Å². The predicted molar refractivity (Wildman–Crippen MR) is 107 cm³/mol. The van der Waals surface area contributed by atoms with E-state index in [-0.39, 0.29) is 24.9 Å². The number of aromatic nitrogens is 4. The van der Waals surface area contributed by atoms with Crippen molar-refractivity contribution in [3.8, 4) is 11.3 Å². The molecule has 0 saturated carbocycles. The Morgan fingerprint density at radius 1 is 1.23 bits per heavy atom. The van der Waals surface area contributed by atoms with Crippen molar-refractivity contribution in [1.29, 1.82) is 0 Å². The lowest BCUT2D eigenvalue weighted by molar-refractivity contribution is 0.0946. The van der Waals surface area contributed by atoms with Crippen LogP contribution in [0.4, 0.5) is 9.18 Å². The molecule has 30 heavy (non-hydrogen) atoms. The van der Waals surface area contributed by atoms with Crippen molar-refractivity contribution in [1.82, 2.24) is 25.1 Å². The van der Waals surface area contributed by atoms with Gasteiger partial charge >= 0.3 is 6.09 Å². The molecule has 4 rings (SSSR count). The molecular weight excluding hydrogens is 389 g/mol. The van der Waals surface area contributed by atoms with Crippen molar-refractivity contribution in [2.75, 3.05) is 6.61 Å². The molecule has 0 aliphatic carbocycles. The number of carbonyl (C=O) groups excluding carboxylic acids is 2. The van der Waals surface area contributed by atoms with Gasteiger partial charge in [-0.2, -0.15) is 9.78 Å². The van der Waals surface area contributed by atoms with Gasteiger partial charge < -0.3 is 15.0 Å². The zero-order chi connectivity index (χ0) is 21.1. The summed E-state index contributed by atoms with van der Waals surface area (Å²) in [4.78, 5) is 31.7. The van der Waals surface area contributed by atoms with E-state index in [9.17, 15) is 14.0 Å². The summed E-state index contributed by atoms with van der Waals surface area (Å²) in [6.45, 7) is 2.04. The average Bonchev–Trinajstić information content (AvgIpc) is 3.40. The maximum Gasteiger partial charge on any atom is 0.434 e. The molecule has 2 N–H and O–H groups in total. The number of nitrogens with one attached hydrogen (secondary N) is 2. The minimum Gasteiger partial charge on any atom is -0.448 e. The second kappa shape index (κ2) is 8.16. The van der Waals surface area contributed by atoms with Crippen molar-refractivity contribution < 1.29 is 18.7 Å². The van der Waals surface area contributed by atoms with E-state index in [1.54, 1.807) is 37.3 Å². The SMILES string of the molecule is CCOC(=O)n1cc(-c2ccc3cc(C(=O)NCc4ccccc4F)[nH]c3n2)cn1. The van der Waals surface area contributed by atoms with Crippen molar-refractivity contribution in [3.63, 3.8) is 0 Å². The number of pyridine rings is 1. The second-order valence-electron chi connectivity index (χ2n) is 6.46. The van der Waals surface area contributed by atoms with E-state index in [1.165, 1.54) is 18.5 Å². The number of rotatable bonds is 5. The standard InChI is InChI=1S/C21H18FN5O3/c1-2-30-21(29)27-12-15(11-24-27)17-8-7-13-9-18(26-19(13)25-17)20(28)23-10-14-5-3-4-6-16(14)22/h3-9,11-12H,2,10H2,1H3,(H,23,28)(H,25,26). The molecule has 1 aromatic carbocycles. The van der Waals surface area contributed by atoms with Gasteiger partial charge in [0.2, 0.25) is 0 Å². The van der Waals surface area contributed by atoms with Crippen LogP contribution in [0.2, 0.25) is 0 Å². The Morgan fingerprint density at radius 3 is 2.87 bits per heavy atom. The Hall–Kier alpha value is -4.01. The Labute approximate surface area is 170 Å². The Morgan fingerprint density at radius 2 is 2.07 bits per heavy atom. The number of amides is 1. The first-order chi connectivity index (χ1) is 14.5. The molecule has 8 nitrogen and oxygen atoms in total. The molecule has 0 bridgehead atoms. The van der Waals surface area contributed by atoms with Crippen LogP contribution in [0.1, 0.15) is 23.0 Å². The fourth-order valence-corrected chi connectivity index (χ4v) is 2.95. The van der Waals surface area contributed by atoms with E-state index < -0.39 is 6.09 Å². The molecule has 0 spiro atoms. The smallest absolute Gasteiger partial charge is 0.434 e. The first kappa shape index (κ1) is 19.3. The van der Waals surface area contributed by atoms with Crippen LogP contribution in [0.25, 0.3) is 22.3 Å². The summed E-state index contributed by atoms with van der Waals surface area (Å²) >= 11 is 0. The van der Waals surface area contributed by atoms with E-state index >= 15 is 0 Å². The molecule has 0 unspecified atom stereocenters. The van der Waals surface area contributed by atoms with Gasteiger partial charge in [0.05, 0.1) is 18.5 Å². The summed E-state index contributed by atoms with van der Waals surface area (Å²) in [5, 5.41) is 7.41. The topological polar surface area (TPSA) is 102 Å². The highest BCUT2D eigenvalue weighted by atomic mass is 19.1. The molecule has 3 heterocycles. The van der Waals surface area contributed by atoms with Crippen LogP contribution in [0, 0.1) is 5.82 Å². The lowest BCUT2D eigenvalue weighted by atomic mass is 10.2. The third-order valence-electron chi connectivity index (χ3n) is 4.45. The number of hydrogen-bond donors (Lipinski definition) is 2. The molecule has 0 aliphatic rings. The Balaban J connectivity index is 1.52.